The molecular weight excluding hydrogens is 236 g/mol. The highest BCUT2D eigenvalue weighted by Crippen LogP contribution is 2.29. The summed E-state index contributed by atoms with van der Waals surface area (Å²) in [5.74, 6) is 0.194. The summed E-state index contributed by atoms with van der Waals surface area (Å²) in [4.78, 5) is 11.2. The highest BCUT2D eigenvalue weighted by molar-refractivity contribution is 5.76. The van der Waals surface area contributed by atoms with Gasteiger partial charge in [-0.1, -0.05) is 30.7 Å². The normalized spacial score (nSPS) is 27.3. The minimum atomic E-state index is 0.194. The van der Waals surface area contributed by atoms with E-state index in [4.69, 9.17) is 0 Å². The fraction of sp³-hybridized carbons (Fsp3) is 0.562. The molecule has 1 fully saturated rings. The van der Waals surface area contributed by atoms with Gasteiger partial charge >= 0.3 is 0 Å². The van der Waals surface area contributed by atoms with Crippen LogP contribution in [0.3, 0.4) is 0 Å². The molecule has 0 bridgehead atoms. The third kappa shape index (κ3) is 2.98. The van der Waals surface area contributed by atoms with Crippen LogP contribution in [0.2, 0.25) is 0 Å². The molecule has 3 heteroatoms. The molecule has 0 saturated carbocycles. The van der Waals surface area contributed by atoms with Gasteiger partial charge in [0.15, 0.2) is 0 Å². The molecule has 1 aromatic rings. The zero-order valence-electron chi connectivity index (χ0n) is 11.3. The van der Waals surface area contributed by atoms with Crippen molar-refractivity contribution in [3.05, 3.63) is 35.4 Å². The molecule has 2 unspecified atom stereocenters. The lowest BCUT2D eigenvalue weighted by Crippen LogP contribution is -2.46. The number of aryl methyl sites for hydroxylation is 1. The summed E-state index contributed by atoms with van der Waals surface area (Å²) in [5.41, 5.74) is 2.97. The third-order valence-electron chi connectivity index (χ3n) is 4.32. The molecule has 1 aromatic carbocycles. The van der Waals surface area contributed by atoms with Gasteiger partial charge in [-0.05, 0) is 36.8 Å². The average molecular weight is 258 g/mol. The van der Waals surface area contributed by atoms with Gasteiger partial charge < -0.3 is 10.6 Å². The number of carbonyl (C=O) groups is 1. The summed E-state index contributed by atoms with van der Waals surface area (Å²) < 4.78 is 0. The van der Waals surface area contributed by atoms with E-state index in [1.54, 1.807) is 0 Å². The van der Waals surface area contributed by atoms with Crippen molar-refractivity contribution >= 4 is 5.91 Å². The molecule has 1 amide bonds. The number of hydrogen-bond donors (Lipinski definition) is 2. The van der Waals surface area contributed by atoms with Gasteiger partial charge in [0.25, 0.3) is 0 Å². The van der Waals surface area contributed by atoms with E-state index in [9.17, 15) is 4.79 Å². The molecule has 1 aliphatic heterocycles. The van der Waals surface area contributed by atoms with Crippen LogP contribution < -0.4 is 10.6 Å². The van der Waals surface area contributed by atoms with Crippen molar-refractivity contribution in [3.8, 4) is 0 Å². The fourth-order valence-electron chi connectivity index (χ4n) is 3.25. The Hall–Kier alpha value is -1.35. The van der Waals surface area contributed by atoms with Gasteiger partial charge in [0, 0.05) is 25.0 Å². The summed E-state index contributed by atoms with van der Waals surface area (Å²) in [6, 6.07) is 9.69. The Balaban J connectivity index is 1.72. The van der Waals surface area contributed by atoms with Crippen molar-refractivity contribution in [1.29, 1.82) is 0 Å². The van der Waals surface area contributed by atoms with Crippen LogP contribution in [0.15, 0.2) is 24.3 Å². The van der Waals surface area contributed by atoms with Gasteiger partial charge in [-0.15, -0.1) is 0 Å². The maximum Gasteiger partial charge on any atom is 0.220 e. The van der Waals surface area contributed by atoms with Crippen molar-refractivity contribution in [2.45, 2.75) is 50.6 Å². The van der Waals surface area contributed by atoms with Crippen molar-refractivity contribution in [1.82, 2.24) is 10.6 Å². The van der Waals surface area contributed by atoms with E-state index in [0.717, 1.165) is 13.0 Å². The number of hydrogen-bond acceptors (Lipinski definition) is 2. The highest BCUT2D eigenvalue weighted by atomic mass is 16.1. The van der Waals surface area contributed by atoms with E-state index < -0.39 is 0 Å². The molecule has 3 rings (SSSR count). The maximum atomic E-state index is 11.2. The first kappa shape index (κ1) is 12.7. The molecule has 0 spiro atoms. The number of carbonyl (C=O) groups excluding carboxylic acids is 1. The second kappa shape index (κ2) is 5.74. The highest BCUT2D eigenvalue weighted by Gasteiger charge is 2.24. The molecule has 0 radical (unpaired) electrons. The van der Waals surface area contributed by atoms with Gasteiger partial charge in [0.2, 0.25) is 5.91 Å². The van der Waals surface area contributed by atoms with Gasteiger partial charge in [0.05, 0.1) is 0 Å². The average Bonchev–Trinajstić information content (AvgIpc) is 2.64. The van der Waals surface area contributed by atoms with E-state index in [2.05, 4.69) is 34.9 Å². The van der Waals surface area contributed by atoms with Crippen LogP contribution in [-0.2, 0) is 11.2 Å². The van der Waals surface area contributed by atoms with E-state index in [1.807, 2.05) is 0 Å². The first-order valence-corrected chi connectivity index (χ1v) is 7.43. The van der Waals surface area contributed by atoms with Gasteiger partial charge in [-0.3, -0.25) is 4.79 Å². The Morgan fingerprint density at radius 2 is 2.00 bits per heavy atom. The van der Waals surface area contributed by atoms with Gasteiger partial charge in [0.1, 0.15) is 0 Å². The Labute approximate surface area is 114 Å². The number of amides is 1. The summed E-state index contributed by atoms with van der Waals surface area (Å²) in [7, 11) is 0. The van der Waals surface area contributed by atoms with Crippen LogP contribution in [0.1, 0.15) is 49.3 Å². The quantitative estimate of drug-likeness (QED) is 0.799. The van der Waals surface area contributed by atoms with Crippen molar-refractivity contribution in [2.75, 3.05) is 6.54 Å². The van der Waals surface area contributed by atoms with Gasteiger partial charge in [-0.2, -0.15) is 0 Å². The second-order valence-corrected chi connectivity index (χ2v) is 5.70. The van der Waals surface area contributed by atoms with Gasteiger partial charge in [-0.25, -0.2) is 0 Å². The zero-order chi connectivity index (χ0) is 13.1. The molecule has 102 valence electrons. The Bertz CT molecular complexity index is 448. The standard InChI is InChI=1S/C16H22N2O/c19-16-10-9-13(11-17-16)18-15-8-4-2-6-12-5-1-3-7-14(12)15/h1,3,5,7,13,15,18H,2,4,6,8-11H2,(H,17,19). The van der Waals surface area contributed by atoms with Crippen molar-refractivity contribution in [3.63, 3.8) is 0 Å². The van der Waals surface area contributed by atoms with Crippen molar-refractivity contribution < 1.29 is 4.79 Å². The van der Waals surface area contributed by atoms with E-state index in [-0.39, 0.29) is 5.91 Å². The molecule has 19 heavy (non-hydrogen) atoms. The molecule has 3 nitrogen and oxygen atoms in total. The third-order valence-corrected chi connectivity index (χ3v) is 4.32. The zero-order valence-corrected chi connectivity index (χ0v) is 11.3. The molecule has 2 aliphatic rings. The van der Waals surface area contributed by atoms with E-state index in [1.165, 1.54) is 36.8 Å². The lowest BCUT2D eigenvalue weighted by atomic mass is 9.97. The SMILES string of the molecule is O=C1CCC(NC2CCCCc3ccccc32)CN1. The summed E-state index contributed by atoms with van der Waals surface area (Å²) in [6.45, 7) is 0.775. The molecule has 2 atom stereocenters. The smallest absolute Gasteiger partial charge is 0.220 e. The molecule has 1 saturated heterocycles. The number of benzene rings is 1. The second-order valence-electron chi connectivity index (χ2n) is 5.70. The van der Waals surface area contributed by atoms with Crippen LogP contribution in [-0.4, -0.2) is 18.5 Å². The lowest BCUT2D eigenvalue weighted by Gasteiger charge is -2.29. The van der Waals surface area contributed by atoms with Crippen LogP contribution in [0.25, 0.3) is 0 Å². The fourth-order valence-corrected chi connectivity index (χ4v) is 3.25. The minimum absolute atomic E-state index is 0.194. The predicted octanol–water partition coefficient (Wildman–Crippen LogP) is 2.32. The first-order valence-electron chi connectivity index (χ1n) is 7.43. The van der Waals surface area contributed by atoms with Crippen LogP contribution in [0.4, 0.5) is 0 Å². The Morgan fingerprint density at radius 1 is 1.11 bits per heavy atom. The molecule has 1 heterocycles. The Kier molecular flexibility index (Phi) is 3.83. The molecule has 2 N–H and O–H groups in total. The Morgan fingerprint density at radius 3 is 2.84 bits per heavy atom. The molecule has 1 aliphatic carbocycles. The van der Waals surface area contributed by atoms with Crippen molar-refractivity contribution in [2.24, 2.45) is 0 Å². The van der Waals surface area contributed by atoms with Crippen LogP contribution >= 0.6 is 0 Å². The van der Waals surface area contributed by atoms with E-state index in [0.29, 0.717) is 18.5 Å². The topological polar surface area (TPSA) is 41.1 Å². The monoisotopic (exact) mass is 258 g/mol. The summed E-state index contributed by atoms with van der Waals surface area (Å²) in [5, 5.41) is 6.72. The number of piperidine rings is 1. The molecule has 0 aromatic heterocycles. The lowest BCUT2D eigenvalue weighted by molar-refractivity contribution is -0.122. The number of fused-ring (bicyclic) bond motifs is 1. The van der Waals surface area contributed by atoms with Crippen LogP contribution in [0.5, 0.6) is 0 Å². The maximum absolute atomic E-state index is 11.2. The summed E-state index contributed by atoms with van der Waals surface area (Å²) >= 11 is 0. The van der Waals surface area contributed by atoms with Crippen LogP contribution in [0, 0.1) is 0 Å². The largest absolute Gasteiger partial charge is 0.355 e. The number of nitrogens with one attached hydrogen (secondary N) is 2. The number of rotatable bonds is 2. The first-order chi connectivity index (χ1) is 9.33. The minimum Gasteiger partial charge on any atom is -0.355 e. The predicted molar refractivity (Wildman–Crippen MR) is 75.9 cm³/mol. The molecular formula is C16H22N2O. The summed E-state index contributed by atoms with van der Waals surface area (Å²) in [6.07, 6.45) is 6.61. The van der Waals surface area contributed by atoms with E-state index >= 15 is 0 Å².